The molecule has 0 radical (unpaired) electrons. The number of ether oxygens (including phenoxy) is 1. The minimum Gasteiger partial charge on any atom is -0.512 e. The molecule has 2 aromatic carbocycles. The first-order valence-corrected chi connectivity index (χ1v) is 13.1. The zero-order chi connectivity index (χ0) is 24.6. The van der Waals surface area contributed by atoms with Crippen molar-refractivity contribution in [3.63, 3.8) is 0 Å². The summed E-state index contributed by atoms with van der Waals surface area (Å²) in [5.74, 6) is 1.28. The minimum absolute atomic E-state index is 0.429. The van der Waals surface area contributed by atoms with Gasteiger partial charge < -0.3 is 9.84 Å². The molecule has 1 fully saturated rings. The summed E-state index contributed by atoms with van der Waals surface area (Å²) in [6.45, 7) is 2.40. The van der Waals surface area contributed by atoms with Gasteiger partial charge in [0.2, 0.25) is 0 Å². The third-order valence-electron chi connectivity index (χ3n) is 6.31. The Morgan fingerprint density at radius 1 is 1.11 bits per heavy atom. The van der Waals surface area contributed by atoms with Crippen LogP contribution < -0.4 is 4.74 Å². The fraction of sp³-hybridized carbons (Fsp3) is 0.296. The lowest BCUT2D eigenvalue weighted by Gasteiger charge is -2.18. The molecule has 1 saturated carbocycles. The number of aliphatic hydroxyl groups is 1. The van der Waals surface area contributed by atoms with Crippen molar-refractivity contribution in [1.82, 2.24) is 4.98 Å². The Bertz CT molecular complexity index is 1380. The van der Waals surface area contributed by atoms with Crippen molar-refractivity contribution in [2.75, 3.05) is 6.61 Å². The summed E-state index contributed by atoms with van der Waals surface area (Å²) in [5.41, 5.74) is 3.13. The van der Waals surface area contributed by atoms with E-state index in [-0.39, 0.29) is 0 Å². The highest BCUT2D eigenvalue weighted by Gasteiger charge is 2.30. The van der Waals surface area contributed by atoms with Crippen LogP contribution in [0.2, 0.25) is 0 Å². The summed E-state index contributed by atoms with van der Waals surface area (Å²) >= 11 is 3.12. The number of halogens is 3. The van der Waals surface area contributed by atoms with Crippen molar-refractivity contribution in [3.05, 3.63) is 80.9 Å². The molecule has 182 valence electrons. The number of hydrogen-bond donors (Lipinski definition) is 1. The molecule has 0 aliphatic heterocycles. The van der Waals surface area contributed by atoms with Crippen LogP contribution in [0.1, 0.15) is 41.0 Å². The first-order chi connectivity index (χ1) is 16.8. The predicted molar refractivity (Wildman–Crippen MR) is 136 cm³/mol. The number of fused-ring (bicyclic) bond motifs is 1. The van der Waals surface area contributed by atoms with Crippen LogP contribution in [0.25, 0.3) is 20.7 Å². The lowest BCUT2D eigenvalue weighted by atomic mass is 9.89. The molecule has 0 spiro atoms. The zero-order valence-corrected chi connectivity index (χ0v) is 20.7. The van der Waals surface area contributed by atoms with E-state index < -0.39 is 11.7 Å². The van der Waals surface area contributed by atoms with Crippen molar-refractivity contribution < 1.29 is 23.0 Å². The lowest BCUT2D eigenvalue weighted by Crippen LogP contribution is -2.05. The van der Waals surface area contributed by atoms with Crippen molar-refractivity contribution in [1.29, 1.82) is 0 Å². The molecular weight excluding hydrogens is 491 g/mol. The normalized spacial score (nSPS) is 13.8. The third-order valence-corrected chi connectivity index (χ3v) is 8.37. The first-order valence-electron chi connectivity index (χ1n) is 11.5. The van der Waals surface area contributed by atoms with E-state index >= 15 is 0 Å². The van der Waals surface area contributed by atoms with E-state index in [1.165, 1.54) is 23.5 Å². The summed E-state index contributed by atoms with van der Waals surface area (Å²) in [7, 11) is 0. The molecule has 0 amide bonds. The second-order valence-electron chi connectivity index (χ2n) is 8.67. The number of rotatable bonds is 7. The van der Waals surface area contributed by atoms with Gasteiger partial charge in [-0.2, -0.15) is 13.2 Å². The average Bonchev–Trinajstić information content (AvgIpc) is 3.36. The van der Waals surface area contributed by atoms with E-state index in [4.69, 9.17) is 4.74 Å². The Hall–Kier alpha value is -2.84. The number of hydrogen-bond acceptors (Lipinski definition) is 5. The molecule has 2 aromatic heterocycles. The van der Waals surface area contributed by atoms with Gasteiger partial charge in [-0.1, -0.05) is 18.2 Å². The largest absolute Gasteiger partial charge is 0.512 e. The van der Waals surface area contributed by atoms with E-state index in [9.17, 15) is 18.3 Å². The van der Waals surface area contributed by atoms with Crippen LogP contribution in [0.4, 0.5) is 13.2 Å². The number of alkyl halides is 3. The molecular formula is C27H24F3NO2S2. The lowest BCUT2D eigenvalue weighted by molar-refractivity contribution is -0.137. The number of aliphatic hydroxyl groups excluding tert-OH is 1. The Kier molecular flexibility index (Phi) is 6.59. The van der Waals surface area contributed by atoms with Crippen LogP contribution in [0.3, 0.4) is 0 Å². The molecule has 8 heteroatoms. The van der Waals surface area contributed by atoms with Gasteiger partial charge in [-0.3, -0.25) is 0 Å². The van der Waals surface area contributed by atoms with Gasteiger partial charge in [0.25, 0.3) is 0 Å². The van der Waals surface area contributed by atoms with Gasteiger partial charge in [0, 0.05) is 33.4 Å². The van der Waals surface area contributed by atoms with Crippen molar-refractivity contribution in [2.45, 2.75) is 45.2 Å². The summed E-state index contributed by atoms with van der Waals surface area (Å²) in [4.78, 5) is 5.69. The number of nitrogens with zero attached hydrogens (tertiary/aromatic N) is 1. The number of thiophene rings is 1. The number of aryl methyl sites for hydroxylation is 1. The second kappa shape index (κ2) is 9.66. The quantitative estimate of drug-likeness (QED) is 0.251. The van der Waals surface area contributed by atoms with Crippen LogP contribution in [0, 0.1) is 6.92 Å². The van der Waals surface area contributed by atoms with Gasteiger partial charge in [-0.15, -0.1) is 22.7 Å². The molecule has 1 N–H and O–H groups in total. The molecule has 0 bridgehead atoms. The van der Waals surface area contributed by atoms with Crippen LogP contribution in [-0.4, -0.2) is 16.7 Å². The number of aromatic nitrogens is 1. The molecule has 0 unspecified atom stereocenters. The molecule has 5 rings (SSSR count). The Labute approximate surface area is 209 Å². The molecule has 4 aromatic rings. The van der Waals surface area contributed by atoms with Gasteiger partial charge in [-0.25, -0.2) is 4.98 Å². The standard InChI is InChI=1S/C27H24F3NO2S2/c1-16-21(31-26(35-16)18-8-10-20(11-9-18)27(28,29)30)12-13-33-23-6-3-7-24-25(23)19(15-34-24)14-22(32)17-4-2-5-17/h3,6-11,15,32H,2,4-5,12-14H2,1H3. The summed E-state index contributed by atoms with van der Waals surface area (Å²) in [6.07, 6.45) is -0.116. The van der Waals surface area contributed by atoms with Gasteiger partial charge >= 0.3 is 6.18 Å². The third kappa shape index (κ3) is 5.09. The summed E-state index contributed by atoms with van der Waals surface area (Å²) < 4.78 is 45.8. The van der Waals surface area contributed by atoms with Gasteiger partial charge in [0.1, 0.15) is 10.8 Å². The highest BCUT2D eigenvalue weighted by molar-refractivity contribution is 7.17. The van der Waals surface area contributed by atoms with Gasteiger partial charge in [0.05, 0.1) is 23.6 Å². The van der Waals surface area contributed by atoms with E-state index in [2.05, 4.69) is 16.4 Å². The molecule has 0 atom stereocenters. The Morgan fingerprint density at radius 2 is 1.89 bits per heavy atom. The second-order valence-corrected chi connectivity index (χ2v) is 10.8. The van der Waals surface area contributed by atoms with Crippen molar-refractivity contribution >= 4 is 32.8 Å². The highest BCUT2D eigenvalue weighted by atomic mass is 32.1. The van der Waals surface area contributed by atoms with Crippen LogP contribution >= 0.6 is 22.7 Å². The fourth-order valence-corrected chi connectivity index (χ4v) is 6.10. The minimum atomic E-state index is -4.35. The SMILES string of the molecule is Cc1sc(-c2ccc(C(F)(F)F)cc2)nc1CCOc1cccc2scc(CC(O)=C3CCC3)c12. The number of thiazole rings is 1. The Balaban J connectivity index is 1.29. The maximum atomic E-state index is 12.8. The fourth-order valence-electron chi connectivity index (χ4n) is 4.16. The number of benzene rings is 2. The zero-order valence-electron chi connectivity index (χ0n) is 19.1. The molecule has 3 nitrogen and oxygen atoms in total. The molecule has 1 aliphatic rings. The van der Waals surface area contributed by atoms with Crippen molar-refractivity contribution in [2.24, 2.45) is 0 Å². The highest BCUT2D eigenvalue weighted by Crippen LogP contribution is 2.37. The van der Waals surface area contributed by atoms with E-state index in [0.29, 0.717) is 35.8 Å². The van der Waals surface area contributed by atoms with Crippen molar-refractivity contribution in [3.8, 4) is 16.3 Å². The van der Waals surface area contributed by atoms with Gasteiger partial charge in [0.15, 0.2) is 0 Å². The maximum absolute atomic E-state index is 12.8. The summed E-state index contributed by atoms with van der Waals surface area (Å²) in [6, 6.07) is 11.1. The monoisotopic (exact) mass is 515 g/mol. The summed E-state index contributed by atoms with van der Waals surface area (Å²) in [5, 5.41) is 14.3. The smallest absolute Gasteiger partial charge is 0.416 e. The molecule has 1 aliphatic carbocycles. The molecule has 35 heavy (non-hydrogen) atoms. The van der Waals surface area contributed by atoms with Crippen LogP contribution in [0.5, 0.6) is 5.75 Å². The predicted octanol–water partition coefficient (Wildman–Crippen LogP) is 8.51. The van der Waals surface area contributed by atoms with Gasteiger partial charge in [-0.05, 0) is 67.0 Å². The van der Waals surface area contributed by atoms with E-state index in [0.717, 1.165) is 68.9 Å². The van der Waals surface area contributed by atoms with E-state index in [1.807, 2.05) is 19.1 Å². The topological polar surface area (TPSA) is 42.4 Å². The number of allylic oxidation sites excluding steroid dienone is 2. The average molecular weight is 516 g/mol. The molecule has 0 saturated heterocycles. The van der Waals surface area contributed by atoms with E-state index in [1.54, 1.807) is 11.3 Å². The van der Waals surface area contributed by atoms with Crippen LogP contribution in [0.15, 0.2) is 59.2 Å². The first kappa shape index (κ1) is 23.9. The molecule has 2 heterocycles. The Morgan fingerprint density at radius 3 is 2.57 bits per heavy atom. The maximum Gasteiger partial charge on any atom is 0.416 e. The van der Waals surface area contributed by atoms with Crippen LogP contribution in [-0.2, 0) is 19.0 Å².